The Morgan fingerprint density at radius 2 is 2.30 bits per heavy atom. The van der Waals surface area contributed by atoms with Gasteiger partial charge in [-0.05, 0) is 19.4 Å². The normalized spacial score (nSPS) is 23.2. The van der Waals surface area contributed by atoms with Gasteiger partial charge >= 0.3 is 0 Å². The first-order valence-corrected chi connectivity index (χ1v) is 7.43. The molecule has 6 nitrogen and oxygen atoms in total. The van der Waals surface area contributed by atoms with E-state index in [1.54, 1.807) is 0 Å². The maximum Gasteiger partial charge on any atom is 0.224 e. The van der Waals surface area contributed by atoms with Crippen LogP contribution >= 0.6 is 0 Å². The quantitative estimate of drug-likeness (QED) is 0.874. The highest BCUT2D eigenvalue weighted by Gasteiger charge is 2.21. The number of nitrogens with zero attached hydrogens (tertiary/aromatic N) is 3. The molecule has 0 unspecified atom stereocenters. The smallest absolute Gasteiger partial charge is 0.224 e. The Bertz CT molecular complexity index is 448. The predicted octanol–water partition coefficient (Wildman–Crippen LogP) is 0.556. The van der Waals surface area contributed by atoms with Crippen LogP contribution in [0.15, 0.2) is 12.5 Å². The van der Waals surface area contributed by atoms with Crippen molar-refractivity contribution in [2.75, 3.05) is 32.8 Å². The zero-order chi connectivity index (χ0) is 13.8. The number of amides is 1. The lowest BCUT2D eigenvalue weighted by atomic mass is 10.1. The third-order valence-corrected chi connectivity index (χ3v) is 4.09. The largest absolute Gasteiger partial charge is 0.378 e. The van der Waals surface area contributed by atoms with Crippen molar-refractivity contribution in [1.29, 1.82) is 0 Å². The number of hydrogen-bond donors (Lipinski definition) is 1. The highest BCUT2D eigenvalue weighted by Crippen LogP contribution is 2.22. The van der Waals surface area contributed by atoms with Crippen LogP contribution in [-0.2, 0) is 16.1 Å². The van der Waals surface area contributed by atoms with E-state index in [1.807, 2.05) is 17.4 Å². The molecular formula is C14H22N4O2. The number of morpholine rings is 1. The molecule has 0 bridgehead atoms. The number of ether oxygens (including phenoxy) is 1. The summed E-state index contributed by atoms with van der Waals surface area (Å²) in [7, 11) is 0. The number of carbonyl (C=O) groups is 1. The second-order valence-corrected chi connectivity index (χ2v) is 5.40. The molecule has 1 aromatic rings. The second kappa shape index (κ2) is 6.37. The van der Waals surface area contributed by atoms with Gasteiger partial charge in [0, 0.05) is 38.3 Å². The first-order valence-electron chi connectivity index (χ1n) is 7.43. The van der Waals surface area contributed by atoms with Gasteiger partial charge in [0.2, 0.25) is 5.91 Å². The van der Waals surface area contributed by atoms with Crippen molar-refractivity contribution < 1.29 is 9.53 Å². The molecule has 1 aromatic heterocycles. The Hall–Kier alpha value is -1.40. The maximum atomic E-state index is 12.1. The van der Waals surface area contributed by atoms with E-state index in [0.29, 0.717) is 32.2 Å². The van der Waals surface area contributed by atoms with Crippen LogP contribution in [0.4, 0.5) is 0 Å². The summed E-state index contributed by atoms with van der Waals surface area (Å²) in [6, 6.07) is 0.399. The van der Waals surface area contributed by atoms with E-state index >= 15 is 0 Å². The fourth-order valence-electron chi connectivity index (χ4n) is 2.93. The molecule has 1 N–H and O–H groups in total. The fraction of sp³-hybridized carbons (Fsp3) is 0.714. The van der Waals surface area contributed by atoms with Gasteiger partial charge in [-0.2, -0.15) is 0 Å². The lowest BCUT2D eigenvalue weighted by Crippen LogP contribution is -2.41. The van der Waals surface area contributed by atoms with Crippen molar-refractivity contribution in [2.45, 2.75) is 31.8 Å². The van der Waals surface area contributed by atoms with E-state index in [1.165, 1.54) is 12.1 Å². The number of hydrogen-bond acceptors (Lipinski definition) is 4. The molecule has 2 fully saturated rings. The summed E-state index contributed by atoms with van der Waals surface area (Å²) in [5.41, 5.74) is 1.21. The number of carbonyl (C=O) groups excluding carboxylic acids is 1. The summed E-state index contributed by atoms with van der Waals surface area (Å²) in [6.45, 7) is 4.55. The van der Waals surface area contributed by atoms with E-state index in [4.69, 9.17) is 4.74 Å². The van der Waals surface area contributed by atoms with Crippen molar-refractivity contribution in [2.24, 2.45) is 0 Å². The van der Waals surface area contributed by atoms with Gasteiger partial charge < -0.3 is 19.5 Å². The molecule has 0 aromatic carbocycles. The molecule has 1 atom stereocenters. The average Bonchev–Trinajstić information content (AvgIpc) is 3.16. The van der Waals surface area contributed by atoms with Crippen molar-refractivity contribution in [1.82, 2.24) is 19.8 Å². The number of nitrogens with one attached hydrogen (secondary N) is 1. The van der Waals surface area contributed by atoms with Crippen LogP contribution in [-0.4, -0.2) is 53.2 Å². The van der Waals surface area contributed by atoms with Crippen LogP contribution in [0.2, 0.25) is 0 Å². The molecular weight excluding hydrogens is 256 g/mol. The van der Waals surface area contributed by atoms with Gasteiger partial charge in [0.05, 0.1) is 25.2 Å². The Kier molecular flexibility index (Phi) is 4.32. The van der Waals surface area contributed by atoms with Gasteiger partial charge in [0.15, 0.2) is 0 Å². The monoisotopic (exact) mass is 278 g/mol. The Labute approximate surface area is 119 Å². The Morgan fingerprint density at radius 3 is 3.05 bits per heavy atom. The molecule has 1 amide bonds. The topological polar surface area (TPSA) is 59.4 Å². The summed E-state index contributed by atoms with van der Waals surface area (Å²) in [4.78, 5) is 18.3. The fourth-order valence-corrected chi connectivity index (χ4v) is 2.93. The molecule has 2 aliphatic heterocycles. The minimum absolute atomic E-state index is 0.215. The van der Waals surface area contributed by atoms with Crippen molar-refractivity contribution >= 4 is 5.91 Å². The van der Waals surface area contributed by atoms with E-state index in [-0.39, 0.29) is 5.91 Å². The molecule has 2 aliphatic rings. The number of rotatable bonds is 4. The maximum absolute atomic E-state index is 12.1. The van der Waals surface area contributed by atoms with Crippen LogP contribution in [0.25, 0.3) is 0 Å². The van der Waals surface area contributed by atoms with Gasteiger partial charge in [0.25, 0.3) is 0 Å². The SMILES string of the molecule is O=C(CCn1cncc1[C@@H]1CCCN1)N1CCOCC1. The molecule has 0 spiro atoms. The highest BCUT2D eigenvalue weighted by molar-refractivity contribution is 5.76. The molecule has 110 valence electrons. The summed E-state index contributed by atoms with van der Waals surface area (Å²) in [6.07, 6.45) is 6.66. The molecule has 0 aliphatic carbocycles. The predicted molar refractivity (Wildman–Crippen MR) is 74.2 cm³/mol. The minimum Gasteiger partial charge on any atom is -0.378 e. The molecule has 2 saturated heterocycles. The van der Waals surface area contributed by atoms with Crippen molar-refractivity contribution in [3.63, 3.8) is 0 Å². The number of aromatic nitrogens is 2. The van der Waals surface area contributed by atoms with E-state index in [2.05, 4.69) is 14.9 Å². The average molecular weight is 278 g/mol. The highest BCUT2D eigenvalue weighted by atomic mass is 16.5. The van der Waals surface area contributed by atoms with E-state index in [9.17, 15) is 4.79 Å². The summed E-state index contributed by atoms with van der Waals surface area (Å²) >= 11 is 0. The third kappa shape index (κ3) is 3.02. The zero-order valence-electron chi connectivity index (χ0n) is 11.8. The van der Waals surface area contributed by atoms with E-state index < -0.39 is 0 Å². The van der Waals surface area contributed by atoms with Crippen LogP contribution in [0.5, 0.6) is 0 Å². The lowest BCUT2D eigenvalue weighted by molar-refractivity contribution is -0.135. The van der Waals surface area contributed by atoms with Gasteiger partial charge in [0.1, 0.15) is 0 Å². The van der Waals surface area contributed by atoms with Crippen LogP contribution in [0, 0.1) is 0 Å². The summed E-state index contributed by atoms with van der Waals surface area (Å²) < 4.78 is 7.38. The standard InChI is InChI=1S/C14H22N4O2/c19-14(17-6-8-20-9-7-17)3-5-18-11-15-10-13(18)12-2-1-4-16-12/h10-12,16H,1-9H2/t12-/m0/s1. The minimum atomic E-state index is 0.215. The van der Waals surface area contributed by atoms with Crippen LogP contribution in [0.1, 0.15) is 31.0 Å². The van der Waals surface area contributed by atoms with Gasteiger partial charge in [-0.1, -0.05) is 0 Å². The molecule has 3 heterocycles. The first-order chi connectivity index (χ1) is 9.84. The van der Waals surface area contributed by atoms with Crippen molar-refractivity contribution in [3.05, 3.63) is 18.2 Å². The zero-order valence-corrected chi connectivity index (χ0v) is 11.8. The van der Waals surface area contributed by atoms with Crippen molar-refractivity contribution in [3.8, 4) is 0 Å². The Morgan fingerprint density at radius 1 is 1.45 bits per heavy atom. The number of imidazole rings is 1. The second-order valence-electron chi connectivity index (χ2n) is 5.40. The van der Waals surface area contributed by atoms with Gasteiger partial charge in [-0.25, -0.2) is 4.98 Å². The Balaban J connectivity index is 1.55. The molecule has 20 heavy (non-hydrogen) atoms. The first kappa shape index (κ1) is 13.6. The van der Waals surface area contributed by atoms with Crippen LogP contribution < -0.4 is 5.32 Å². The lowest BCUT2D eigenvalue weighted by Gasteiger charge is -2.27. The van der Waals surface area contributed by atoms with Gasteiger partial charge in [-0.3, -0.25) is 4.79 Å². The summed E-state index contributed by atoms with van der Waals surface area (Å²) in [5, 5.41) is 3.48. The molecule has 0 radical (unpaired) electrons. The summed E-state index contributed by atoms with van der Waals surface area (Å²) in [5.74, 6) is 0.215. The molecule has 0 saturated carbocycles. The molecule has 6 heteroatoms. The number of aryl methyl sites for hydroxylation is 1. The van der Waals surface area contributed by atoms with E-state index in [0.717, 1.165) is 26.1 Å². The third-order valence-electron chi connectivity index (χ3n) is 4.09. The van der Waals surface area contributed by atoms with Gasteiger partial charge in [-0.15, -0.1) is 0 Å². The molecule has 3 rings (SSSR count). The van der Waals surface area contributed by atoms with Crippen LogP contribution in [0.3, 0.4) is 0 Å².